The maximum absolute atomic E-state index is 14.2. The Morgan fingerprint density at radius 3 is 2.71 bits per heavy atom. The van der Waals surface area contributed by atoms with Gasteiger partial charge in [0.1, 0.15) is 5.82 Å². The second kappa shape index (κ2) is 3.33. The van der Waals surface area contributed by atoms with Gasteiger partial charge in [-0.05, 0) is 43.5 Å². The van der Waals surface area contributed by atoms with Gasteiger partial charge in [-0.3, -0.25) is 0 Å². The highest BCUT2D eigenvalue weighted by molar-refractivity contribution is 5.81. The maximum Gasteiger partial charge on any atom is 0.127 e. The molecule has 1 aliphatic carbocycles. The SMILES string of the molecule is CC(N)C1(c2cc3c(ccn3C)cc2F)CC1. The van der Waals surface area contributed by atoms with Gasteiger partial charge in [-0.2, -0.15) is 0 Å². The summed E-state index contributed by atoms with van der Waals surface area (Å²) in [6.45, 7) is 1.97. The van der Waals surface area contributed by atoms with E-state index in [4.69, 9.17) is 5.73 Å². The molecule has 90 valence electrons. The molecule has 3 heteroatoms. The van der Waals surface area contributed by atoms with Crippen molar-refractivity contribution in [3.05, 3.63) is 35.8 Å². The van der Waals surface area contributed by atoms with Gasteiger partial charge in [-0.1, -0.05) is 0 Å². The number of hydrogen-bond donors (Lipinski definition) is 1. The van der Waals surface area contributed by atoms with Crippen molar-refractivity contribution in [2.75, 3.05) is 0 Å². The fourth-order valence-electron chi connectivity index (χ4n) is 2.77. The molecule has 0 saturated heterocycles. The van der Waals surface area contributed by atoms with Crippen molar-refractivity contribution in [2.45, 2.75) is 31.2 Å². The number of nitrogens with two attached hydrogens (primary N) is 1. The lowest BCUT2D eigenvalue weighted by molar-refractivity contribution is 0.513. The topological polar surface area (TPSA) is 30.9 Å². The number of benzene rings is 1. The van der Waals surface area contributed by atoms with Crippen LogP contribution in [0.25, 0.3) is 10.9 Å². The first-order valence-electron chi connectivity index (χ1n) is 6.05. The summed E-state index contributed by atoms with van der Waals surface area (Å²) in [4.78, 5) is 0. The molecule has 1 fully saturated rings. The molecule has 1 saturated carbocycles. The zero-order valence-corrected chi connectivity index (χ0v) is 10.2. The number of rotatable bonds is 2. The maximum atomic E-state index is 14.2. The van der Waals surface area contributed by atoms with Crippen LogP contribution < -0.4 is 5.73 Å². The molecule has 1 aromatic carbocycles. The lowest BCUT2D eigenvalue weighted by atomic mass is 9.88. The first kappa shape index (κ1) is 10.8. The smallest absolute Gasteiger partial charge is 0.127 e. The second-order valence-corrected chi connectivity index (χ2v) is 5.26. The predicted molar refractivity (Wildman–Crippen MR) is 67.4 cm³/mol. The Kier molecular flexibility index (Phi) is 2.11. The molecule has 3 rings (SSSR count). The average molecular weight is 232 g/mol. The van der Waals surface area contributed by atoms with Crippen LogP contribution in [-0.2, 0) is 12.5 Å². The summed E-state index contributed by atoms with van der Waals surface area (Å²) in [5.74, 6) is -0.112. The Hall–Kier alpha value is -1.35. The van der Waals surface area contributed by atoms with Gasteiger partial charge in [-0.15, -0.1) is 0 Å². The Labute approximate surface area is 100 Å². The van der Waals surface area contributed by atoms with Crippen LogP contribution in [0, 0.1) is 5.82 Å². The highest BCUT2D eigenvalue weighted by Gasteiger charge is 2.49. The summed E-state index contributed by atoms with van der Waals surface area (Å²) >= 11 is 0. The molecule has 17 heavy (non-hydrogen) atoms. The molecule has 0 aliphatic heterocycles. The van der Waals surface area contributed by atoms with Crippen molar-refractivity contribution in [1.29, 1.82) is 0 Å². The van der Waals surface area contributed by atoms with Crippen molar-refractivity contribution < 1.29 is 4.39 Å². The van der Waals surface area contributed by atoms with Crippen LogP contribution in [0.15, 0.2) is 24.4 Å². The molecule has 2 N–H and O–H groups in total. The summed E-state index contributed by atoms with van der Waals surface area (Å²) in [5.41, 5.74) is 7.77. The van der Waals surface area contributed by atoms with E-state index in [0.29, 0.717) is 0 Å². The third kappa shape index (κ3) is 1.42. The number of halogens is 1. The molecule has 0 spiro atoms. The summed E-state index contributed by atoms with van der Waals surface area (Å²) in [6.07, 6.45) is 3.95. The van der Waals surface area contributed by atoms with Crippen LogP contribution in [0.1, 0.15) is 25.3 Å². The molecule has 1 atom stereocenters. The number of nitrogens with zero attached hydrogens (tertiary/aromatic N) is 1. The van der Waals surface area contributed by atoms with Crippen LogP contribution in [0.4, 0.5) is 4.39 Å². The fraction of sp³-hybridized carbons (Fsp3) is 0.429. The molecule has 1 aliphatic rings. The largest absolute Gasteiger partial charge is 0.351 e. The molecular weight excluding hydrogens is 215 g/mol. The zero-order chi connectivity index (χ0) is 12.2. The Balaban J connectivity index is 2.23. The van der Waals surface area contributed by atoms with Gasteiger partial charge in [0.15, 0.2) is 0 Å². The van der Waals surface area contributed by atoms with Crippen LogP contribution in [0.3, 0.4) is 0 Å². The van der Waals surface area contributed by atoms with E-state index in [1.54, 1.807) is 6.07 Å². The van der Waals surface area contributed by atoms with Crippen LogP contribution in [-0.4, -0.2) is 10.6 Å². The van der Waals surface area contributed by atoms with E-state index in [1.165, 1.54) is 0 Å². The van der Waals surface area contributed by atoms with Gasteiger partial charge in [0, 0.05) is 35.6 Å². The van der Waals surface area contributed by atoms with Gasteiger partial charge < -0.3 is 10.3 Å². The molecule has 1 aromatic heterocycles. The van der Waals surface area contributed by atoms with E-state index in [-0.39, 0.29) is 17.3 Å². The minimum absolute atomic E-state index is 0.00900. The monoisotopic (exact) mass is 232 g/mol. The summed E-state index contributed by atoms with van der Waals surface area (Å²) < 4.78 is 16.2. The number of fused-ring (bicyclic) bond motifs is 1. The Bertz CT molecular complexity index is 579. The van der Waals surface area contributed by atoms with E-state index in [1.807, 2.05) is 36.9 Å². The van der Waals surface area contributed by atoms with Crippen molar-refractivity contribution in [2.24, 2.45) is 12.8 Å². The number of aryl methyl sites for hydroxylation is 1. The van der Waals surface area contributed by atoms with E-state index >= 15 is 0 Å². The van der Waals surface area contributed by atoms with Crippen LogP contribution in [0.2, 0.25) is 0 Å². The Morgan fingerprint density at radius 2 is 2.12 bits per heavy atom. The van der Waals surface area contributed by atoms with Gasteiger partial charge >= 0.3 is 0 Å². The van der Waals surface area contributed by atoms with Crippen molar-refractivity contribution >= 4 is 10.9 Å². The summed E-state index contributed by atoms with van der Waals surface area (Å²) in [5, 5.41) is 0.953. The molecule has 0 radical (unpaired) electrons. The Morgan fingerprint density at radius 1 is 1.41 bits per heavy atom. The number of aromatic nitrogens is 1. The van der Waals surface area contributed by atoms with Gasteiger partial charge in [0.05, 0.1) is 0 Å². The average Bonchev–Trinajstić information content (AvgIpc) is 3.01. The molecule has 1 unspecified atom stereocenters. The van der Waals surface area contributed by atoms with Gasteiger partial charge in [0.25, 0.3) is 0 Å². The van der Waals surface area contributed by atoms with Gasteiger partial charge in [-0.25, -0.2) is 4.39 Å². The third-order valence-corrected chi connectivity index (χ3v) is 4.17. The van der Waals surface area contributed by atoms with Crippen LogP contribution >= 0.6 is 0 Å². The summed E-state index contributed by atoms with van der Waals surface area (Å²) in [6, 6.07) is 5.55. The van der Waals surface area contributed by atoms with Gasteiger partial charge in [0.2, 0.25) is 0 Å². The normalized spacial score (nSPS) is 19.5. The number of hydrogen-bond acceptors (Lipinski definition) is 1. The second-order valence-electron chi connectivity index (χ2n) is 5.26. The van der Waals surface area contributed by atoms with Crippen molar-refractivity contribution in [1.82, 2.24) is 4.57 Å². The third-order valence-electron chi connectivity index (χ3n) is 4.17. The minimum atomic E-state index is -0.122. The van der Waals surface area contributed by atoms with E-state index < -0.39 is 0 Å². The molecule has 1 heterocycles. The highest BCUT2D eigenvalue weighted by Crippen LogP contribution is 2.51. The van der Waals surface area contributed by atoms with Crippen molar-refractivity contribution in [3.8, 4) is 0 Å². The quantitative estimate of drug-likeness (QED) is 0.848. The first-order chi connectivity index (χ1) is 8.04. The molecular formula is C14H17FN2. The molecule has 0 amide bonds. The molecule has 2 aromatic rings. The minimum Gasteiger partial charge on any atom is -0.351 e. The predicted octanol–water partition coefficient (Wildman–Crippen LogP) is 2.70. The lowest BCUT2D eigenvalue weighted by Crippen LogP contribution is -2.32. The van der Waals surface area contributed by atoms with E-state index in [0.717, 1.165) is 29.3 Å². The standard InChI is InChI=1S/C14H17FN2/c1-9(16)14(4-5-14)11-8-13-10(7-12(11)15)3-6-17(13)2/h3,6-9H,4-5,16H2,1-2H3. The highest BCUT2D eigenvalue weighted by atomic mass is 19.1. The first-order valence-corrected chi connectivity index (χ1v) is 6.05. The molecule has 0 bridgehead atoms. The van der Waals surface area contributed by atoms with Crippen molar-refractivity contribution in [3.63, 3.8) is 0 Å². The zero-order valence-electron chi connectivity index (χ0n) is 10.2. The van der Waals surface area contributed by atoms with E-state index in [9.17, 15) is 4.39 Å². The van der Waals surface area contributed by atoms with E-state index in [2.05, 4.69) is 0 Å². The summed E-state index contributed by atoms with van der Waals surface area (Å²) in [7, 11) is 1.98. The fourth-order valence-corrected chi connectivity index (χ4v) is 2.77. The van der Waals surface area contributed by atoms with Crippen LogP contribution in [0.5, 0.6) is 0 Å². The lowest BCUT2D eigenvalue weighted by Gasteiger charge is -2.21. The molecule has 2 nitrogen and oxygen atoms in total.